The Morgan fingerprint density at radius 2 is 0.838 bits per heavy atom. The van der Waals surface area contributed by atoms with Gasteiger partial charge >= 0.3 is 0 Å². The third kappa shape index (κ3) is 5.13. The third-order valence-electron chi connectivity index (χ3n) is 6.50. The van der Waals surface area contributed by atoms with Crippen molar-refractivity contribution in [2.45, 2.75) is 24.0 Å². The van der Waals surface area contributed by atoms with Crippen LogP contribution in [0.25, 0.3) is 0 Å². The summed E-state index contributed by atoms with van der Waals surface area (Å²) < 4.78 is 7.07. The molecule has 0 radical (unpaired) electrons. The van der Waals surface area contributed by atoms with Crippen LogP contribution in [0.3, 0.4) is 0 Å². The lowest BCUT2D eigenvalue weighted by Gasteiger charge is -2.42. The molecule has 4 aromatic carbocycles. The molecule has 184 valence electrons. The SMILES string of the molecule is C=CCC(OC(CC=C)(C(=O)c1ccccc1)c1ccccc1)(C(=O)c1ccccc1)c1ccccc1. The molecule has 2 unspecified atom stereocenters. The average molecular weight is 487 g/mol. The van der Waals surface area contributed by atoms with Crippen LogP contribution in [0.5, 0.6) is 0 Å². The Morgan fingerprint density at radius 1 is 0.541 bits per heavy atom. The summed E-state index contributed by atoms with van der Waals surface area (Å²) in [5.41, 5.74) is -0.772. The highest BCUT2D eigenvalue weighted by Crippen LogP contribution is 2.45. The Hall–Kier alpha value is -4.34. The van der Waals surface area contributed by atoms with Crippen molar-refractivity contribution in [3.63, 3.8) is 0 Å². The topological polar surface area (TPSA) is 43.4 Å². The van der Waals surface area contributed by atoms with E-state index in [0.29, 0.717) is 22.3 Å². The van der Waals surface area contributed by atoms with E-state index in [9.17, 15) is 9.59 Å². The van der Waals surface area contributed by atoms with Gasteiger partial charge in [-0.2, -0.15) is 0 Å². The molecule has 0 aliphatic carbocycles. The Labute approximate surface area is 218 Å². The van der Waals surface area contributed by atoms with Gasteiger partial charge in [0.2, 0.25) is 0 Å². The van der Waals surface area contributed by atoms with Crippen molar-refractivity contribution in [2.24, 2.45) is 0 Å². The molecule has 3 heteroatoms. The summed E-state index contributed by atoms with van der Waals surface area (Å²) in [5.74, 6) is -0.492. The maximum absolute atomic E-state index is 14.4. The zero-order chi connectivity index (χ0) is 26.1. The largest absolute Gasteiger partial charge is 0.342 e. The molecular weight excluding hydrogens is 456 g/mol. The number of carbonyl (C=O) groups is 2. The van der Waals surface area contributed by atoms with E-state index in [2.05, 4.69) is 13.2 Å². The maximum atomic E-state index is 14.4. The summed E-state index contributed by atoms with van der Waals surface area (Å²) in [6.45, 7) is 7.92. The van der Waals surface area contributed by atoms with Gasteiger partial charge in [0.05, 0.1) is 0 Å². The molecule has 0 amide bonds. The van der Waals surface area contributed by atoms with Crippen molar-refractivity contribution in [1.82, 2.24) is 0 Å². The molecule has 0 N–H and O–H groups in total. The summed E-state index contributed by atoms with van der Waals surface area (Å²) in [6, 6.07) is 36.8. The number of ketones is 2. The van der Waals surface area contributed by atoms with Crippen LogP contribution in [-0.2, 0) is 15.9 Å². The molecule has 0 aliphatic rings. The van der Waals surface area contributed by atoms with Crippen LogP contribution in [0.4, 0.5) is 0 Å². The molecule has 0 aromatic heterocycles. The molecule has 2 atom stereocenters. The summed E-state index contributed by atoms with van der Waals surface area (Å²) in [4.78, 5) is 28.8. The van der Waals surface area contributed by atoms with Crippen LogP contribution < -0.4 is 0 Å². The van der Waals surface area contributed by atoms with Gasteiger partial charge in [-0.3, -0.25) is 9.59 Å². The first-order chi connectivity index (χ1) is 18.1. The Bertz CT molecular complexity index is 1240. The van der Waals surface area contributed by atoms with E-state index in [4.69, 9.17) is 4.74 Å². The second-order valence-electron chi connectivity index (χ2n) is 8.86. The summed E-state index contributed by atoms with van der Waals surface area (Å²) in [5, 5.41) is 0. The lowest BCUT2D eigenvalue weighted by Crippen LogP contribution is -2.50. The predicted molar refractivity (Wildman–Crippen MR) is 148 cm³/mol. The van der Waals surface area contributed by atoms with E-state index in [1.807, 2.05) is 97.1 Å². The zero-order valence-electron chi connectivity index (χ0n) is 20.8. The van der Waals surface area contributed by atoms with Gasteiger partial charge in [-0.1, -0.05) is 133 Å². The fraction of sp³-hybridized carbons (Fsp3) is 0.118. The smallest absolute Gasteiger partial charge is 0.199 e. The molecule has 0 saturated heterocycles. The first-order valence-electron chi connectivity index (χ1n) is 12.3. The van der Waals surface area contributed by atoms with Crippen molar-refractivity contribution < 1.29 is 14.3 Å². The fourth-order valence-electron chi connectivity index (χ4n) is 4.74. The van der Waals surface area contributed by atoms with Gasteiger partial charge in [-0.25, -0.2) is 0 Å². The number of carbonyl (C=O) groups excluding carboxylic acids is 2. The molecule has 3 nitrogen and oxygen atoms in total. The van der Waals surface area contributed by atoms with E-state index in [1.165, 1.54) is 0 Å². The van der Waals surface area contributed by atoms with Gasteiger partial charge in [0.1, 0.15) is 0 Å². The predicted octanol–water partition coefficient (Wildman–Crippen LogP) is 7.71. The number of hydrogen-bond acceptors (Lipinski definition) is 3. The van der Waals surface area contributed by atoms with Gasteiger partial charge in [0, 0.05) is 24.0 Å². The second kappa shape index (κ2) is 11.6. The Morgan fingerprint density at radius 3 is 1.14 bits per heavy atom. The molecule has 4 rings (SSSR count). The average Bonchev–Trinajstić information content (AvgIpc) is 2.97. The van der Waals surface area contributed by atoms with E-state index in [1.54, 1.807) is 36.4 Å². The lowest BCUT2D eigenvalue weighted by atomic mass is 9.78. The second-order valence-corrected chi connectivity index (χ2v) is 8.86. The lowest BCUT2D eigenvalue weighted by molar-refractivity contribution is -0.119. The van der Waals surface area contributed by atoms with Gasteiger partial charge in [-0.05, 0) is 11.1 Å². The Kier molecular flexibility index (Phi) is 8.07. The van der Waals surface area contributed by atoms with Crippen LogP contribution >= 0.6 is 0 Å². The molecule has 0 heterocycles. The van der Waals surface area contributed by atoms with Crippen LogP contribution in [0.15, 0.2) is 147 Å². The highest BCUT2D eigenvalue weighted by Gasteiger charge is 2.51. The third-order valence-corrected chi connectivity index (χ3v) is 6.50. The normalized spacial score (nSPS) is 14.1. The number of benzene rings is 4. The van der Waals surface area contributed by atoms with Gasteiger partial charge in [0.15, 0.2) is 22.8 Å². The first-order valence-corrected chi connectivity index (χ1v) is 12.3. The van der Waals surface area contributed by atoms with Crippen molar-refractivity contribution in [2.75, 3.05) is 0 Å². The van der Waals surface area contributed by atoms with Crippen molar-refractivity contribution in [1.29, 1.82) is 0 Å². The maximum Gasteiger partial charge on any atom is 0.199 e. The molecule has 4 aromatic rings. The molecule has 0 aliphatic heterocycles. The summed E-state index contributed by atoms with van der Waals surface area (Å²) >= 11 is 0. The van der Waals surface area contributed by atoms with Crippen LogP contribution in [0.2, 0.25) is 0 Å². The minimum absolute atomic E-state index is 0.165. The van der Waals surface area contributed by atoms with Crippen molar-refractivity contribution in [3.05, 3.63) is 169 Å². The van der Waals surface area contributed by atoms with E-state index < -0.39 is 11.2 Å². The summed E-state index contributed by atoms with van der Waals surface area (Å²) in [7, 11) is 0. The molecule has 37 heavy (non-hydrogen) atoms. The molecule has 0 saturated carbocycles. The Balaban J connectivity index is 2.02. The van der Waals surface area contributed by atoms with Crippen LogP contribution in [-0.4, -0.2) is 11.6 Å². The van der Waals surface area contributed by atoms with Crippen LogP contribution in [0.1, 0.15) is 44.7 Å². The monoisotopic (exact) mass is 486 g/mol. The first kappa shape index (κ1) is 25.7. The van der Waals surface area contributed by atoms with E-state index in [-0.39, 0.29) is 24.4 Å². The van der Waals surface area contributed by atoms with Gasteiger partial charge in [0.25, 0.3) is 0 Å². The minimum Gasteiger partial charge on any atom is -0.342 e. The molecule has 0 bridgehead atoms. The molecular formula is C34H30O3. The number of Topliss-reactive ketones (excluding diaryl/α,β-unsaturated/α-hetero) is 2. The molecule has 0 spiro atoms. The van der Waals surface area contributed by atoms with Crippen molar-refractivity contribution in [3.8, 4) is 0 Å². The highest BCUT2D eigenvalue weighted by atomic mass is 16.5. The quantitative estimate of drug-likeness (QED) is 0.152. The minimum atomic E-state index is -1.52. The number of ether oxygens (including phenoxy) is 1. The van der Waals surface area contributed by atoms with E-state index >= 15 is 0 Å². The van der Waals surface area contributed by atoms with Crippen LogP contribution in [0, 0.1) is 0 Å². The zero-order valence-corrected chi connectivity index (χ0v) is 20.8. The summed E-state index contributed by atoms with van der Waals surface area (Å²) in [6.07, 6.45) is 3.67. The highest BCUT2D eigenvalue weighted by molar-refractivity contribution is 6.06. The van der Waals surface area contributed by atoms with Gasteiger partial charge < -0.3 is 4.74 Å². The standard InChI is InChI=1S/C34H30O3/c1-3-25-33(29-21-13-7-14-22-29,31(35)27-17-9-5-10-18-27)37-34(26-4-2,30-23-15-8-16-24-30)32(36)28-19-11-6-12-20-28/h3-24H,1-2,25-26H2. The van der Waals surface area contributed by atoms with Crippen molar-refractivity contribution >= 4 is 11.6 Å². The van der Waals surface area contributed by atoms with Gasteiger partial charge in [-0.15, -0.1) is 13.2 Å². The fourth-order valence-corrected chi connectivity index (χ4v) is 4.74. The number of hydrogen-bond donors (Lipinski definition) is 0. The van der Waals surface area contributed by atoms with E-state index in [0.717, 1.165) is 0 Å². The molecule has 0 fully saturated rings. The number of rotatable bonds is 12.